The summed E-state index contributed by atoms with van der Waals surface area (Å²) in [5.41, 5.74) is 1.94. The van der Waals surface area contributed by atoms with Crippen molar-refractivity contribution in [3.8, 4) is 5.75 Å². The van der Waals surface area contributed by atoms with Gasteiger partial charge in [-0.1, -0.05) is 23.8 Å². The van der Waals surface area contributed by atoms with E-state index in [-0.39, 0.29) is 11.5 Å². The molecular formula is C15H14O2S. The Morgan fingerprint density at radius 2 is 1.83 bits per heavy atom. The van der Waals surface area contributed by atoms with Crippen LogP contribution in [0, 0.1) is 6.92 Å². The normalized spacial score (nSPS) is 10.3. The minimum Gasteiger partial charge on any atom is -0.507 e. The Kier molecular flexibility index (Phi) is 3.72. The Morgan fingerprint density at radius 1 is 1.11 bits per heavy atom. The molecule has 2 rings (SSSR count). The number of carbonyl (C=O) groups is 1. The minimum atomic E-state index is -0.138. The van der Waals surface area contributed by atoms with Crippen molar-refractivity contribution in [1.29, 1.82) is 0 Å². The van der Waals surface area contributed by atoms with Gasteiger partial charge in [-0.2, -0.15) is 0 Å². The lowest BCUT2D eigenvalue weighted by Gasteiger charge is -2.08. The zero-order valence-electron chi connectivity index (χ0n) is 10.3. The van der Waals surface area contributed by atoms with E-state index in [9.17, 15) is 9.90 Å². The van der Waals surface area contributed by atoms with Gasteiger partial charge < -0.3 is 5.11 Å². The van der Waals surface area contributed by atoms with Crippen LogP contribution in [-0.2, 0) is 0 Å². The zero-order valence-corrected chi connectivity index (χ0v) is 11.1. The number of phenolic OH excluding ortho intramolecular Hbond substituents is 1. The van der Waals surface area contributed by atoms with Crippen molar-refractivity contribution in [2.75, 3.05) is 6.26 Å². The smallest absolute Gasteiger partial charge is 0.197 e. The van der Waals surface area contributed by atoms with Crippen LogP contribution in [0.15, 0.2) is 47.4 Å². The molecular weight excluding hydrogens is 244 g/mol. The Hall–Kier alpha value is -1.74. The molecule has 0 aromatic heterocycles. The number of aryl methyl sites for hydroxylation is 1. The molecule has 0 unspecified atom stereocenters. The summed E-state index contributed by atoms with van der Waals surface area (Å²) in [6.07, 6.45) is 1.93. The molecule has 0 saturated heterocycles. The Morgan fingerprint density at radius 3 is 2.56 bits per heavy atom. The molecule has 2 aromatic carbocycles. The van der Waals surface area contributed by atoms with Crippen molar-refractivity contribution in [2.24, 2.45) is 0 Å². The van der Waals surface area contributed by atoms with E-state index in [4.69, 9.17) is 0 Å². The number of phenols is 1. The predicted molar refractivity (Wildman–Crippen MR) is 74.5 cm³/mol. The first-order valence-corrected chi connectivity index (χ1v) is 6.83. The number of hydrogen-bond donors (Lipinski definition) is 1. The van der Waals surface area contributed by atoms with E-state index < -0.39 is 0 Å². The molecule has 92 valence electrons. The van der Waals surface area contributed by atoms with E-state index in [0.717, 1.165) is 10.5 Å². The van der Waals surface area contributed by atoms with E-state index in [1.165, 1.54) is 11.8 Å². The van der Waals surface area contributed by atoms with Crippen LogP contribution in [0.2, 0.25) is 0 Å². The largest absolute Gasteiger partial charge is 0.507 e. The Labute approximate surface area is 111 Å². The molecule has 0 atom stereocenters. The summed E-state index contributed by atoms with van der Waals surface area (Å²) in [7, 11) is 0. The monoisotopic (exact) mass is 258 g/mol. The van der Waals surface area contributed by atoms with Crippen LogP contribution in [0.1, 0.15) is 21.5 Å². The lowest BCUT2D eigenvalue weighted by Crippen LogP contribution is -2.03. The van der Waals surface area contributed by atoms with Gasteiger partial charge in [0.15, 0.2) is 5.78 Å². The quantitative estimate of drug-likeness (QED) is 0.674. The van der Waals surface area contributed by atoms with Gasteiger partial charge in [0, 0.05) is 10.5 Å². The second-order valence-electron chi connectivity index (χ2n) is 4.05. The van der Waals surface area contributed by atoms with Crippen LogP contribution < -0.4 is 0 Å². The lowest BCUT2D eigenvalue weighted by molar-refractivity contribution is 0.103. The molecule has 0 amide bonds. The maximum atomic E-state index is 12.4. The lowest BCUT2D eigenvalue weighted by atomic mass is 10.0. The average molecular weight is 258 g/mol. The molecule has 0 aliphatic rings. The van der Waals surface area contributed by atoms with Crippen molar-refractivity contribution in [2.45, 2.75) is 11.8 Å². The molecule has 0 saturated carbocycles. The van der Waals surface area contributed by atoms with Crippen molar-refractivity contribution in [1.82, 2.24) is 0 Å². The van der Waals surface area contributed by atoms with Crippen LogP contribution in [0.4, 0.5) is 0 Å². The molecule has 18 heavy (non-hydrogen) atoms. The highest BCUT2D eigenvalue weighted by molar-refractivity contribution is 7.98. The van der Waals surface area contributed by atoms with Crippen LogP contribution in [0.25, 0.3) is 0 Å². The summed E-state index contributed by atoms with van der Waals surface area (Å²) in [5, 5.41) is 9.80. The maximum absolute atomic E-state index is 12.4. The highest BCUT2D eigenvalue weighted by Gasteiger charge is 2.16. The summed E-state index contributed by atoms with van der Waals surface area (Å²) in [4.78, 5) is 13.3. The van der Waals surface area contributed by atoms with Crippen molar-refractivity contribution >= 4 is 17.5 Å². The number of carbonyl (C=O) groups excluding carboxylic acids is 1. The van der Waals surface area contributed by atoms with E-state index in [0.29, 0.717) is 11.1 Å². The standard InChI is InChI=1S/C15H14O2S/c1-10-7-8-13(16)12(9-10)15(17)11-5-3-4-6-14(11)18-2/h3-9,16H,1-2H3. The van der Waals surface area contributed by atoms with Crippen LogP contribution in [-0.4, -0.2) is 17.1 Å². The average Bonchev–Trinajstić information content (AvgIpc) is 2.40. The molecule has 2 nitrogen and oxygen atoms in total. The third kappa shape index (κ3) is 2.41. The minimum absolute atomic E-state index is 0.0292. The number of aromatic hydroxyl groups is 1. The molecule has 0 aliphatic carbocycles. The number of thioether (sulfide) groups is 1. The fraction of sp³-hybridized carbons (Fsp3) is 0.133. The first-order chi connectivity index (χ1) is 8.63. The Bertz CT molecular complexity index is 591. The summed E-state index contributed by atoms with van der Waals surface area (Å²) in [5.74, 6) is -0.109. The molecule has 0 spiro atoms. The SMILES string of the molecule is CSc1ccccc1C(=O)c1cc(C)ccc1O. The number of hydrogen-bond acceptors (Lipinski definition) is 3. The van der Waals surface area contributed by atoms with Crippen molar-refractivity contribution < 1.29 is 9.90 Å². The summed E-state index contributed by atoms with van der Waals surface area (Å²) >= 11 is 1.53. The molecule has 2 aromatic rings. The molecule has 0 fully saturated rings. The van der Waals surface area contributed by atoms with Gasteiger partial charge in [-0.15, -0.1) is 11.8 Å². The third-order valence-corrected chi connectivity index (χ3v) is 3.54. The molecule has 3 heteroatoms. The van der Waals surface area contributed by atoms with Crippen LogP contribution in [0.5, 0.6) is 5.75 Å². The van der Waals surface area contributed by atoms with Gasteiger partial charge in [0.1, 0.15) is 5.75 Å². The van der Waals surface area contributed by atoms with Gasteiger partial charge in [0.05, 0.1) is 5.56 Å². The van der Waals surface area contributed by atoms with Gasteiger partial charge in [0.25, 0.3) is 0 Å². The number of ketones is 1. The Balaban J connectivity index is 2.51. The summed E-state index contributed by atoms with van der Waals surface area (Å²) < 4.78 is 0. The topological polar surface area (TPSA) is 37.3 Å². The molecule has 1 N–H and O–H groups in total. The second kappa shape index (κ2) is 5.27. The van der Waals surface area contributed by atoms with Crippen molar-refractivity contribution in [3.05, 3.63) is 59.2 Å². The van der Waals surface area contributed by atoms with E-state index >= 15 is 0 Å². The van der Waals surface area contributed by atoms with Crippen molar-refractivity contribution in [3.63, 3.8) is 0 Å². The molecule has 0 aliphatic heterocycles. The van der Waals surface area contributed by atoms with Gasteiger partial charge in [-0.3, -0.25) is 4.79 Å². The maximum Gasteiger partial charge on any atom is 0.197 e. The van der Waals surface area contributed by atoms with Gasteiger partial charge in [-0.05, 0) is 37.4 Å². The summed E-state index contributed by atoms with van der Waals surface area (Å²) in [6.45, 7) is 1.90. The van der Waals surface area contributed by atoms with E-state index in [1.54, 1.807) is 24.3 Å². The zero-order chi connectivity index (χ0) is 13.1. The molecule has 0 radical (unpaired) electrons. The van der Waals surface area contributed by atoms with Gasteiger partial charge in [0.2, 0.25) is 0 Å². The highest BCUT2D eigenvalue weighted by atomic mass is 32.2. The van der Waals surface area contributed by atoms with Crippen LogP contribution >= 0.6 is 11.8 Å². The molecule has 0 bridgehead atoms. The van der Waals surface area contributed by atoms with Gasteiger partial charge in [-0.25, -0.2) is 0 Å². The van der Waals surface area contributed by atoms with E-state index in [1.807, 2.05) is 31.4 Å². The first-order valence-electron chi connectivity index (χ1n) is 5.61. The fourth-order valence-electron chi connectivity index (χ4n) is 1.81. The van der Waals surface area contributed by atoms with Crippen LogP contribution in [0.3, 0.4) is 0 Å². The highest BCUT2D eigenvalue weighted by Crippen LogP contribution is 2.26. The third-order valence-electron chi connectivity index (χ3n) is 2.75. The predicted octanol–water partition coefficient (Wildman–Crippen LogP) is 3.65. The second-order valence-corrected chi connectivity index (χ2v) is 4.90. The van der Waals surface area contributed by atoms with Gasteiger partial charge >= 0.3 is 0 Å². The number of benzene rings is 2. The molecule has 0 heterocycles. The first kappa shape index (κ1) is 12.7. The van der Waals surface area contributed by atoms with E-state index in [2.05, 4.69) is 0 Å². The summed E-state index contributed by atoms with van der Waals surface area (Å²) in [6, 6.07) is 12.5. The fourth-order valence-corrected chi connectivity index (χ4v) is 2.40. The number of rotatable bonds is 3.